The van der Waals surface area contributed by atoms with Crippen molar-refractivity contribution >= 4 is 0 Å². The van der Waals surface area contributed by atoms with Crippen molar-refractivity contribution in [2.45, 2.75) is 12.3 Å². The summed E-state index contributed by atoms with van der Waals surface area (Å²) in [5, 5.41) is 0. The summed E-state index contributed by atoms with van der Waals surface area (Å²) in [4.78, 5) is 5.43. The minimum absolute atomic E-state index is 0.388. The molecule has 0 amide bonds. The van der Waals surface area contributed by atoms with E-state index in [-0.39, 0.29) is 0 Å². The van der Waals surface area contributed by atoms with Crippen LogP contribution in [0.3, 0.4) is 0 Å². The largest absolute Gasteiger partial charge is 0.301 e. The van der Waals surface area contributed by atoms with Gasteiger partial charge in [0.15, 0.2) is 0 Å². The van der Waals surface area contributed by atoms with Crippen LogP contribution in [0.15, 0.2) is 30.3 Å². The molecule has 2 heteroatoms. The highest BCUT2D eigenvalue weighted by molar-refractivity contribution is 5.31. The molecule has 4 fully saturated rings. The Morgan fingerprint density at radius 2 is 1.61 bits per heavy atom. The highest BCUT2D eigenvalue weighted by Gasteiger charge is 2.52. The number of hydrogen-bond donors (Lipinski definition) is 0. The molecule has 0 aliphatic carbocycles. The lowest BCUT2D eigenvalue weighted by Gasteiger charge is -2.55. The van der Waals surface area contributed by atoms with Gasteiger partial charge in [-0.15, -0.1) is 0 Å². The van der Waals surface area contributed by atoms with E-state index in [9.17, 15) is 0 Å². The van der Waals surface area contributed by atoms with Crippen LogP contribution in [0.1, 0.15) is 12.5 Å². The van der Waals surface area contributed by atoms with Crippen molar-refractivity contribution in [3.63, 3.8) is 0 Å². The van der Waals surface area contributed by atoms with E-state index in [4.69, 9.17) is 0 Å². The summed E-state index contributed by atoms with van der Waals surface area (Å²) in [6.45, 7) is 10.2. The third kappa shape index (κ3) is 1.42. The van der Waals surface area contributed by atoms with E-state index < -0.39 is 0 Å². The predicted octanol–water partition coefficient (Wildman–Crippen LogP) is 1.82. The van der Waals surface area contributed by atoms with Crippen LogP contribution in [0.4, 0.5) is 0 Å². The number of hydrogen-bond acceptors (Lipinski definition) is 2. The third-order valence-corrected chi connectivity index (χ3v) is 5.66. The van der Waals surface area contributed by atoms with Crippen molar-refractivity contribution in [2.24, 2.45) is 11.8 Å². The third-order valence-electron chi connectivity index (χ3n) is 5.66. The lowest BCUT2D eigenvalue weighted by atomic mass is 9.61. The van der Waals surface area contributed by atoms with E-state index in [1.807, 2.05) is 0 Å². The number of benzene rings is 1. The Bertz CT molecular complexity index is 426. The summed E-state index contributed by atoms with van der Waals surface area (Å²) in [5.41, 5.74) is 1.96. The van der Waals surface area contributed by atoms with Crippen LogP contribution in [0, 0.1) is 11.8 Å². The van der Waals surface area contributed by atoms with Crippen LogP contribution in [-0.4, -0.2) is 49.1 Å². The van der Waals surface area contributed by atoms with E-state index in [1.54, 1.807) is 5.56 Å². The number of nitrogens with zero attached hydrogens (tertiary/aromatic N) is 2. The maximum atomic E-state index is 2.71. The van der Waals surface area contributed by atoms with E-state index in [2.05, 4.69) is 47.1 Å². The molecule has 0 saturated carbocycles. The van der Waals surface area contributed by atoms with Crippen LogP contribution in [0.25, 0.3) is 0 Å². The summed E-state index contributed by atoms with van der Waals surface area (Å²) in [7, 11) is 0. The first-order chi connectivity index (χ1) is 8.78. The van der Waals surface area contributed by atoms with Crippen LogP contribution < -0.4 is 0 Å². The monoisotopic (exact) mass is 242 g/mol. The summed E-state index contributed by atoms with van der Waals surface area (Å²) in [5.74, 6) is 1.70. The van der Waals surface area contributed by atoms with Crippen LogP contribution in [0.5, 0.6) is 0 Å². The van der Waals surface area contributed by atoms with Crippen molar-refractivity contribution in [3.05, 3.63) is 35.9 Å². The normalized spacial score (nSPS) is 46.1. The second kappa shape index (κ2) is 3.82. The second-order valence-electron chi connectivity index (χ2n) is 6.54. The lowest BCUT2D eigenvalue weighted by molar-refractivity contribution is 0.00246. The van der Waals surface area contributed by atoms with Crippen molar-refractivity contribution in [1.82, 2.24) is 9.80 Å². The Hall–Kier alpha value is -0.860. The van der Waals surface area contributed by atoms with Gasteiger partial charge in [-0.2, -0.15) is 0 Å². The minimum atomic E-state index is 0.388. The van der Waals surface area contributed by atoms with Crippen molar-refractivity contribution in [3.8, 4) is 0 Å². The number of fused-ring (bicyclic) bond motifs is 1. The number of rotatable bonds is 1. The first kappa shape index (κ1) is 11.0. The number of piperidine rings is 2. The first-order valence-corrected chi connectivity index (χ1v) is 7.28. The fraction of sp³-hybridized carbons (Fsp3) is 0.625. The highest BCUT2D eigenvalue weighted by atomic mass is 15.3. The lowest BCUT2D eigenvalue weighted by Crippen LogP contribution is -2.62. The molecule has 0 radical (unpaired) electrons. The van der Waals surface area contributed by atoms with E-state index in [1.165, 1.54) is 39.3 Å². The Balaban J connectivity index is 1.83. The molecule has 0 N–H and O–H groups in total. The molecular weight excluding hydrogens is 220 g/mol. The summed E-state index contributed by atoms with van der Waals surface area (Å²) < 4.78 is 0. The van der Waals surface area contributed by atoms with E-state index >= 15 is 0 Å². The summed E-state index contributed by atoms with van der Waals surface area (Å²) >= 11 is 0. The predicted molar refractivity (Wildman–Crippen MR) is 73.7 cm³/mol. The van der Waals surface area contributed by atoms with Gasteiger partial charge in [-0.3, -0.25) is 0 Å². The molecule has 96 valence electrons. The average Bonchev–Trinajstić information content (AvgIpc) is 2.65. The molecule has 4 saturated heterocycles. The fourth-order valence-electron chi connectivity index (χ4n) is 4.59. The zero-order valence-electron chi connectivity index (χ0n) is 11.2. The van der Waals surface area contributed by atoms with Crippen molar-refractivity contribution < 1.29 is 0 Å². The van der Waals surface area contributed by atoms with Gasteiger partial charge in [0.25, 0.3) is 0 Å². The highest BCUT2D eigenvalue weighted by Crippen LogP contribution is 2.46. The van der Waals surface area contributed by atoms with Crippen LogP contribution in [0.2, 0.25) is 0 Å². The molecule has 4 aliphatic rings. The van der Waals surface area contributed by atoms with Crippen molar-refractivity contribution in [2.75, 3.05) is 39.3 Å². The molecular formula is C16H22N2. The standard InChI is InChI=1S/C16H22N2/c1-13-14-9-17-7-8-18(10-14)12-16(13,11-17)15-5-3-2-4-6-15/h2-6,13-14H,7-12H2,1H3. The molecule has 2 nitrogen and oxygen atoms in total. The molecule has 5 rings (SSSR count). The fourth-order valence-corrected chi connectivity index (χ4v) is 4.59. The molecule has 4 aliphatic heterocycles. The topological polar surface area (TPSA) is 6.48 Å². The molecule has 1 aromatic rings. The van der Waals surface area contributed by atoms with Crippen molar-refractivity contribution in [1.29, 1.82) is 0 Å². The van der Waals surface area contributed by atoms with Gasteiger partial charge in [-0.1, -0.05) is 37.3 Å². The molecule has 3 atom stereocenters. The van der Waals surface area contributed by atoms with Gasteiger partial charge in [0.2, 0.25) is 0 Å². The maximum Gasteiger partial charge on any atom is 0.0236 e. The van der Waals surface area contributed by atoms with E-state index in [0.29, 0.717) is 5.41 Å². The van der Waals surface area contributed by atoms with Crippen LogP contribution >= 0.6 is 0 Å². The molecule has 4 heterocycles. The van der Waals surface area contributed by atoms with Gasteiger partial charge in [0.05, 0.1) is 0 Å². The smallest absolute Gasteiger partial charge is 0.0236 e. The first-order valence-electron chi connectivity index (χ1n) is 7.28. The Morgan fingerprint density at radius 3 is 2.22 bits per heavy atom. The molecule has 1 aromatic carbocycles. The zero-order valence-corrected chi connectivity index (χ0v) is 11.2. The second-order valence-corrected chi connectivity index (χ2v) is 6.54. The quantitative estimate of drug-likeness (QED) is 0.741. The van der Waals surface area contributed by atoms with Gasteiger partial charge in [-0.25, -0.2) is 0 Å². The molecule has 0 spiro atoms. The maximum absolute atomic E-state index is 2.71. The Labute approximate surface area is 110 Å². The zero-order chi connectivity index (χ0) is 12.2. The van der Waals surface area contributed by atoms with Gasteiger partial charge >= 0.3 is 0 Å². The van der Waals surface area contributed by atoms with Gasteiger partial charge in [0, 0.05) is 44.7 Å². The average molecular weight is 242 g/mol. The van der Waals surface area contributed by atoms with Gasteiger partial charge < -0.3 is 9.80 Å². The summed E-state index contributed by atoms with van der Waals surface area (Å²) in [6, 6.07) is 11.3. The Morgan fingerprint density at radius 1 is 1.00 bits per heavy atom. The molecule has 18 heavy (non-hydrogen) atoms. The summed E-state index contributed by atoms with van der Waals surface area (Å²) in [6.07, 6.45) is 0. The SMILES string of the molecule is CC1C2CN3CCN(C2)CC1(c1ccccc1)C3. The molecule has 0 aromatic heterocycles. The Kier molecular flexibility index (Phi) is 2.33. The minimum Gasteiger partial charge on any atom is -0.301 e. The molecule has 4 bridgehead atoms. The molecule has 3 unspecified atom stereocenters. The van der Waals surface area contributed by atoms with Gasteiger partial charge in [-0.05, 0) is 17.4 Å². The van der Waals surface area contributed by atoms with Gasteiger partial charge in [0.1, 0.15) is 0 Å². The van der Waals surface area contributed by atoms with E-state index in [0.717, 1.165) is 11.8 Å². The van der Waals surface area contributed by atoms with Crippen LogP contribution in [-0.2, 0) is 5.41 Å².